The van der Waals surface area contributed by atoms with Crippen molar-refractivity contribution in [1.29, 1.82) is 0 Å². The first-order chi connectivity index (χ1) is 12.6. The topological polar surface area (TPSA) is 85.6 Å². The number of carbonyl (C=O) groups is 1. The van der Waals surface area contributed by atoms with E-state index in [9.17, 15) is 14.9 Å². The number of non-ortho nitro benzene ring substituents is 1. The molecule has 130 valence electrons. The zero-order chi connectivity index (χ0) is 18.1. The molecule has 0 fully saturated rings. The van der Waals surface area contributed by atoms with Gasteiger partial charge in [-0.05, 0) is 23.8 Å². The molecule has 8 heteroatoms. The molecule has 1 aliphatic heterocycles. The third-order valence-corrected chi connectivity index (χ3v) is 4.70. The fourth-order valence-corrected chi connectivity index (χ4v) is 3.36. The highest BCUT2D eigenvalue weighted by molar-refractivity contribution is 7.07. The number of rotatable bonds is 4. The van der Waals surface area contributed by atoms with Gasteiger partial charge in [-0.2, -0.15) is 0 Å². The normalized spacial score (nSPS) is 13.2. The van der Waals surface area contributed by atoms with Gasteiger partial charge in [-0.25, -0.2) is 4.98 Å². The van der Waals surface area contributed by atoms with Crippen molar-refractivity contribution in [2.24, 2.45) is 0 Å². The SMILES string of the molecule is O=C1COc2ccc(-c3cscn3)cc2N1Cc1ccc([N+](=O)[O-])cc1. The van der Waals surface area contributed by atoms with E-state index in [1.807, 2.05) is 23.6 Å². The molecule has 0 bridgehead atoms. The van der Waals surface area contributed by atoms with Gasteiger partial charge in [0.05, 0.1) is 28.4 Å². The number of hydrogen-bond donors (Lipinski definition) is 0. The van der Waals surface area contributed by atoms with E-state index in [-0.39, 0.29) is 18.2 Å². The molecule has 0 N–H and O–H groups in total. The van der Waals surface area contributed by atoms with Gasteiger partial charge in [-0.1, -0.05) is 12.1 Å². The van der Waals surface area contributed by atoms with E-state index in [4.69, 9.17) is 4.74 Å². The summed E-state index contributed by atoms with van der Waals surface area (Å²) in [5, 5.41) is 12.7. The summed E-state index contributed by atoms with van der Waals surface area (Å²) in [4.78, 5) is 28.7. The second kappa shape index (κ2) is 6.57. The van der Waals surface area contributed by atoms with Crippen LogP contribution in [0.15, 0.2) is 53.4 Å². The maximum Gasteiger partial charge on any atom is 0.269 e. The lowest BCUT2D eigenvalue weighted by molar-refractivity contribution is -0.384. The van der Waals surface area contributed by atoms with Crippen molar-refractivity contribution in [3.8, 4) is 17.0 Å². The number of hydrogen-bond acceptors (Lipinski definition) is 6. The Kier molecular flexibility index (Phi) is 4.10. The summed E-state index contributed by atoms with van der Waals surface area (Å²) in [5.41, 5.74) is 4.99. The largest absolute Gasteiger partial charge is 0.482 e. The Morgan fingerprint density at radius 3 is 2.73 bits per heavy atom. The summed E-state index contributed by atoms with van der Waals surface area (Å²) in [6.45, 7) is 0.281. The van der Waals surface area contributed by atoms with Crippen LogP contribution in [0.1, 0.15) is 5.56 Å². The number of ether oxygens (including phenoxy) is 1. The number of nitro groups is 1. The molecule has 0 saturated carbocycles. The van der Waals surface area contributed by atoms with Gasteiger partial charge in [0.25, 0.3) is 11.6 Å². The van der Waals surface area contributed by atoms with E-state index < -0.39 is 4.92 Å². The Hall–Kier alpha value is -3.26. The van der Waals surface area contributed by atoms with Crippen LogP contribution in [0.2, 0.25) is 0 Å². The molecule has 0 spiro atoms. The third kappa shape index (κ3) is 3.02. The lowest BCUT2D eigenvalue weighted by Gasteiger charge is -2.29. The van der Waals surface area contributed by atoms with E-state index >= 15 is 0 Å². The highest BCUT2D eigenvalue weighted by Gasteiger charge is 2.26. The van der Waals surface area contributed by atoms with E-state index in [1.165, 1.54) is 23.5 Å². The molecular formula is C18H13N3O4S. The Morgan fingerprint density at radius 1 is 1.23 bits per heavy atom. The molecule has 1 amide bonds. The highest BCUT2D eigenvalue weighted by Crippen LogP contribution is 2.36. The standard InChI is InChI=1S/C18H13N3O4S/c22-18-9-25-17-6-3-13(15-10-26-11-19-15)7-16(17)20(18)8-12-1-4-14(5-2-12)21(23)24/h1-7,10-11H,8-9H2. The third-order valence-electron chi connectivity index (χ3n) is 4.12. The molecule has 1 aliphatic rings. The number of carbonyl (C=O) groups excluding carboxylic acids is 1. The molecule has 0 unspecified atom stereocenters. The van der Waals surface area contributed by atoms with Gasteiger partial charge < -0.3 is 9.64 Å². The Balaban J connectivity index is 1.67. The minimum absolute atomic E-state index is 0.0215. The van der Waals surface area contributed by atoms with Crippen molar-refractivity contribution < 1.29 is 14.5 Å². The summed E-state index contributed by atoms with van der Waals surface area (Å²) in [5.74, 6) is 0.469. The second-order valence-electron chi connectivity index (χ2n) is 5.75. The van der Waals surface area contributed by atoms with Crippen LogP contribution in [0.3, 0.4) is 0 Å². The van der Waals surface area contributed by atoms with Crippen LogP contribution in [-0.4, -0.2) is 22.4 Å². The van der Waals surface area contributed by atoms with Crippen LogP contribution in [0, 0.1) is 10.1 Å². The number of nitro benzene ring substituents is 1. The van der Waals surface area contributed by atoms with Crippen molar-refractivity contribution in [2.75, 3.05) is 11.5 Å². The second-order valence-corrected chi connectivity index (χ2v) is 6.47. The Bertz CT molecular complexity index is 971. The van der Waals surface area contributed by atoms with Gasteiger partial charge in [-0.3, -0.25) is 14.9 Å². The Labute approximate surface area is 152 Å². The van der Waals surface area contributed by atoms with Crippen molar-refractivity contribution in [3.63, 3.8) is 0 Å². The molecule has 0 atom stereocenters. The van der Waals surface area contributed by atoms with Gasteiger partial charge in [0, 0.05) is 23.1 Å². The number of amides is 1. The van der Waals surface area contributed by atoms with Gasteiger partial charge in [0.1, 0.15) is 5.75 Å². The van der Waals surface area contributed by atoms with Gasteiger partial charge in [-0.15, -0.1) is 11.3 Å². The number of nitrogens with zero attached hydrogens (tertiary/aromatic N) is 3. The average Bonchev–Trinajstić information content (AvgIpc) is 3.19. The van der Waals surface area contributed by atoms with Gasteiger partial charge >= 0.3 is 0 Å². The molecule has 1 aromatic heterocycles. The predicted molar refractivity (Wildman–Crippen MR) is 97.3 cm³/mol. The molecule has 0 aliphatic carbocycles. The summed E-state index contributed by atoms with van der Waals surface area (Å²) >= 11 is 1.50. The average molecular weight is 367 g/mol. The van der Waals surface area contributed by atoms with E-state index in [0.29, 0.717) is 18.0 Å². The number of aromatic nitrogens is 1. The molecule has 2 heterocycles. The van der Waals surface area contributed by atoms with Crippen LogP contribution in [0.4, 0.5) is 11.4 Å². The number of anilines is 1. The zero-order valence-corrected chi connectivity index (χ0v) is 14.3. The summed E-state index contributed by atoms with van der Waals surface area (Å²) < 4.78 is 5.53. The summed E-state index contributed by atoms with van der Waals surface area (Å²) in [6.07, 6.45) is 0. The highest BCUT2D eigenvalue weighted by atomic mass is 32.1. The van der Waals surface area contributed by atoms with Crippen LogP contribution in [0.5, 0.6) is 5.75 Å². The lowest BCUT2D eigenvalue weighted by atomic mass is 10.1. The van der Waals surface area contributed by atoms with Crippen LogP contribution < -0.4 is 9.64 Å². The number of fused-ring (bicyclic) bond motifs is 1. The van der Waals surface area contributed by atoms with Crippen LogP contribution in [-0.2, 0) is 11.3 Å². The number of thiazole rings is 1. The predicted octanol–water partition coefficient (Wildman–Crippen LogP) is 3.64. The maximum absolute atomic E-state index is 12.4. The Morgan fingerprint density at radius 2 is 2.04 bits per heavy atom. The van der Waals surface area contributed by atoms with Crippen molar-refractivity contribution >= 4 is 28.6 Å². The summed E-state index contributed by atoms with van der Waals surface area (Å²) in [7, 11) is 0. The minimum atomic E-state index is -0.445. The molecule has 0 radical (unpaired) electrons. The first-order valence-electron chi connectivity index (χ1n) is 7.81. The molecule has 7 nitrogen and oxygen atoms in total. The monoisotopic (exact) mass is 367 g/mol. The zero-order valence-electron chi connectivity index (χ0n) is 13.5. The van der Waals surface area contributed by atoms with Crippen LogP contribution >= 0.6 is 11.3 Å². The van der Waals surface area contributed by atoms with Gasteiger partial charge in [0.15, 0.2) is 6.61 Å². The van der Waals surface area contributed by atoms with E-state index in [1.54, 1.807) is 22.5 Å². The fourth-order valence-electron chi connectivity index (χ4n) is 2.80. The van der Waals surface area contributed by atoms with E-state index in [2.05, 4.69) is 4.98 Å². The maximum atomic E-state index is 12.4. The van der Waals surface area contributed by atoms with Crippen molar-refractivity contribution in [2.45, 2.75) is 6.54 Å². The molecule has 2 aromatic carbocycles. The first kappa shape index (κ1) is 16.2. The smallest absolute Gasteiger partial charge is 0.269 e. The minimum Gasteiger partial charge on any atom is -0.482 e. The molecule has 0 saturated heterocycles. The summed E-state index contributed by atoms with van der Waals surface area (Å²) in [6, 6.07) is 11.8. The number of benzene rings is 2. The molecule has 3 aromatic rings. The molecular weight excluding hydrogens is 354 g/mol. The van der Waals surface area contributed by atoms with Crippen molar-refractivity contribution in [3.05, 3.63) is 69.0 Å². The first-order valence-corrected chi connectivity index (χ1v) is 8.75. The lowest BCUT2D eigenvalue weighted by Crippen LogP contribution is -2.38. The molecule has 26 heavy (non-hydrogen) atoms. The molecule has 4 rings (SSSR count). The van der Waals surface area contributed by atoms with Crippen molar-refractivity contribution in [1.82, 2.24) is 4.98 Å². The van der Waals surface area contributed by atoms with E-state index in [0.717, 1.165) is 16.8 Å². The van der Waals surface area contributed by atoms with Gasteiger partial charge in [0.2, 0.25) is 0 Å². The fraction of sp³-hybridized carbons (Fsp3) is 0.111. The van der Waals surface area contributed by atoms with Crippen LogP contribution in [0.25, 0.3) is 11.3 Å². The quantitative estimate of drug-likeness (QED) is 0.519.